The monoisotopic (exact) mass is 325 g/mol. The van der Waals surface area contributed by atoms with Crippen LogP contribution in [-0.4, -0.2) is 42.2 Å². The SMILES string of the molecule is O=C(O)C1CCN(CCOc2ccc(-c3ccccc3)cc2)CC1. The minimum Gasteiger partial charge on any atom is -0.492 e. The van der Waals surface area contributed by atoms with Crippen molar-refractivity contribution in [1.82, 2.24) is 4.90 Å². The molecule has 0 atom stereocenters. The number of aliphatic carboxylic acids is 1. The van der Waals surface area contributed by atoms with E-state index < -0.39 is 5.97 Å². The summed E-state index contributed by atoms with van der Waals surface area (Å²) in [6.07, 6.45) is 1.47. The molecule has 0 aromatic heterocycles. The summed E-state index contributed by atoms with van der Waals surface area (Å²) in [7, 11) is 0. The Kier molecular flexibility index (Phi) is 5.49. The van der Waals surface area contributed by atoms with Crippen molar-refractivity contribution in [3.8, 4) is 16.9 Å². The maximum absolute atomic E-state index is 10.9. The summed E-state index contributed by atoms with van der Waals surface area (Å²) in [5, 5.41) is 9.01. The second kappa shape index (κ2) is 7.97. The second-order valence-electron chi connectivity index (χ2n) is 6.19. The van der Waals surface area contributed by atoms with Crippen molar-refractivity contribution in [2.75, 3.05) is 26.2 Å². The van der Waals surface area contributed by atoms with Gasteiger partial charge in [0.2, 0.25) is 0 Å². The van der Waals surface area contributed by atoms with E-state index in [9.17, 15) is 4.79 Å². The molecule has 4 nitrogen and oxygen atoms in total. The highest BCUT2D eigenvalue weighted by Gasteiger charge is 2.24. The summed E-state index contributed by atoms with van der Waals surface area (Å²) in [6.45, 7) is 3.15. The van der Waals surface area contributed by atoms with Gasteiger partial charge in [0.25, 0.3) is 0 Å². The van der Waals surface area contributed by atoms with Crippen molar-refractivity contribution in [3.63, 3.8) is 0 Å². The molecule has 0 aliphatic carbocycles. The molecule has 0 unspecified atom stereocenters. The van der Waals surface area contributed by atoms with Gasteiger partial charge in [-0.3, -0.25) is 9.69 Å². The number of hydrogen-bond acceptors (Lipinski definition) is 3. The van der Waals surface area contributed by atoms with Crippen molar-refractivity contribution in [2.24, 2.45) is 5.92 Å². The summed E-state index contributed by atoms with van der Waals surface area (Å²) < 4.78 is 5.82. The molecule has 24 heavy (non-hydrogen) atoms. The molecule has 1 aliphatic rings. The standard InChI is InChI=1S/C20H23NO3/c22-20(23)18-10-12-21(13-11-18)14-15-24-19-8-6-17(7-9-19)16-4-2-1-3-5-16/h1-9,18H,10-15H2,(H,22,23). The third-order valence-electron chi connectivity index (χ3n) is 4.57. The molecular weight excluding hydrogens is 302 g/mol. The molecule has 0 spiro atoms. The van der Waals surface area contributed by atoms with E-state index in [1.54, 1.807) is 0 Å². The first-order valence-electron chi connectivity index (χ1n) is 8.46. The molecule has 4 heteroatoms. The average molecular weight is 325 g/mol. The van der Waals surface area contributed by atoms with Gasteiger partial charge in [0.05, 0.1) is 5.92 Å². The zero-order chi connectivity index (χ0) is 16.8. The Morgan fingerprint density at radius 2 is 1.62 bits per heavy atom. The molecule has 1 saturated heterocycles. The maximum Gasteiger partial charge on any atom is 0.306 e. The predicted octanol–water partition coefficient (Wildman–Crippen LogP) is 3.53. The Morgan fingerprint density at radius 1 is 1.00 bits per heavy atom. The lowest BCUT2D eigenvalue weighted by molar-refractivity contribution is -0.143. The van der Waals surface area contributed by atoms with Crippen LogP contribution in [0.25, 0.3) is 11.1 Å². The summed E-state index contributed by atoms with van der Waals surface area (Å²) in [5.41, 5.74) is 2.38. The van der Waals surface area contributed by atoms with Crippen molar-refractivity contribution >= 4 is 5.97 Å². The number of ether oxygens (including phenoxy) is 1. The molecule has 3 rings (SSSR count). The lowest BCUT2D eigenvalue weighted by Crippen LogP contribution is -2.38. The van der Waals surface area contributed by atoms with Crippen LogP contribution < -0.4 is 4.74 Å². The fraction of sp³-hybridized carbons (Fsp3) is 0.350. The van der Waals surface area contributed by atoms with Crippen molar-refractivity contribution in [1.29, 1.82) is 0 Å². The van der Waals surface area contributed by atoms with Crippen LogP contribution in [0.15, 0.2) is 54.6 Å². The third kappa shape index (κ3) is 4.36. The summed E-state index contributed by atoms with van der Waals surface area (Å²) in [5.74, 6) is 0.0345. The zero-order valence-electron chi connectivity index (χ0n) is 13.7. The molecule has 0 amide bonds. The van der Waals surface area contributed by atoms with Crippen LogP contribution in [-0.2, 0) is 4.79 Å². The van der Waals surface area contributed by atoms with Crippen molar-refractivity contribution < 1.29 is 14.6 Å². The number of piperidine rings is 1. The number of carbonyl (C=O) groups is 1. The number of carboxylic acid groups (broad SMARTS) is 1. The fourth-order valence-electron chi connectivity index (χ4n) is 3.07. The van der Waals surface area contributed by atoms with E-state index in [0.717, 1.165) is 38.2 Å². The van der Waals surface area contributed by atoms with E-state index in [0.29, 0.717) is 6.61 Å². The van der Waals surface area contributed by atoms with E-state index in [4.69, 9.17) is 9.84 Å². The van der Waals surface area contributed by atoms with Crippen LogP contribution in [0.2, 0.25) is 0 Å². The van der Waals surface area contributed by atoms with E-state index in [-0.39, 0.29) is 5.92 Å². The molecule has 1 heterocycles. The van der Waals surface area contributed by atoms with Crippen LogP contribution in [0, 0.1) is 5.92 Å². The minimum atomic E-state index is -0.663. The fourth-order valence-corrected chi connectivity index (χ4v) is 3.07. The van der Waals surface area contributed by atoms with Crippen LogP contribution in [0.5, 0.6) is 5.75 Å². The van der Waals surface area contributed by atoms with Crippen LogP contribution in [0.1, 0.15) is 12.8 Å². The van der Waals surface area contributed by atoms with Gasteiger partial charge in [-0.1, -0.05) is 42.5 Å². The van der Waals surface area contributed by atoms with Gasteiger partial charge in [0, 0.05) is 6.54 Å². The molecule has 1 N–H and O–H groups in total. The van der Waals surface area contributed by atoms with Crippen molar-refractivity contribution in [2.45, 2.75) is 12.8 Å². The predicted molar refractivity (Wildman–Crippen MR) is 94.2 cm³/mol. The largest absolute Gasteiger partial charge is 0.492 e. The lowest BCUT2D eigenvalue weighted by Gasteiger charge is -2.29. The van der Waals surface area contributed by atoms with Crippen LogP contribution in [0.3, 0.4) is 0 Å². The molecular formula is C20H23NO3. The highest BCUT2D eigenvalue weighted by molar-refractivity contribution is 5.70. The molecule has 0 radical (unpaired) electrons. The smallest absolute Gasteiger partial charge is 0.306 e. The lowest BCUT2D eigenvalue weighted by atomic mass is 9.97. The molecule has 1 aliphatic heterocycles. The third-order valence-corrected chi connectivity index (χ3v) is 4.57. The van der Waals surface area contributed by atoms with Gasteiger partial charge in [-0.15, -0.1) is 0 Å². The van der Waals surface area contributed by atoms with Gasteiger partial charge < -0.3 is 9.84 Å². The topological polar surface area (TPSA) is 49.8 Å². The van der Waals surface area contributed by atoms with Crippen LogP contribution in [0.4, 0.5) is 0 Å². The molecule has 2 aromatic carbocycles. The Morgan fingerprint density at radius 3 is 2.25 bits per heavy atom. The number of likely N-dealkylation sites (tertiary alicyclic amines) is 1. The summed E-state index contributed by atoms with van der Waals surface area (Å²) in [4.78, 5) is 13.2. The molecule has 126 valence electrons. The van der Waals surface area contributed by atoms with Gasteiger partial charge >= 0.3 is 5.97 Å². The molecule has 0 saturated carbocycles. The Bertz CT molecular complexity index is 646. The highest BCUT2D eigenvalue weighted by atomic mass is 16.5. The van der Waals surface area contributed by atoms with Crippen LogP contribution >= 0.6 is 0 Å². The number of rotatable bonds is 6. The number of benzene rings is 2. The first kappa shape index (κ1) is 16.5. The molecule has 1 fully saturated rings. The highest BCUT2D eigenvalue weighted by Crippen LogP contribution is 2.22. The number of nitrogens with zero attached hydrogens (tertiary/aromatic N) is 1. The molecule has 0 bridgehead atoms. The minimum absolute atomic E-state index is 0.173. The number of hydrogen-bond donors (Lipinski definition) is 1. The van der Waals surface area contributed by atoms with Gasteiger partial charge in [0.1, 0.15) is 12.4 Å². The quantitative estimate of drug-likeness (QED) is 0.883. The van der Waals surface area contributed by atoms with E-state index in [1.807, 2.05) is 30.3 Å². The van der Waals surface area contributed by atoms with Crippen molar-refractivity contribution in [3.05, 3.63) is 54.6 Å². The first-order valence-corrected chi connectivity index (χ1v) is 8.46. The van der Waals surface area contributed by atoms with Gasteiger partial charge in [-0.2, -0.15) is 0 Å². The Labute approximate surface area is 142 Å². The van der Waals surface area contributed by atoms with E-state index in [2.05, 4.69) is 29.2 Å². The molecule has 2 aromatic rings. The first-order chi connectivity index (χ1) is 11.7. The normalized spacial score (nSPS) is 16.0. The van der Waals surface area contributed by atoms with Gasteiger partial charge in [-0.05, 0) is 49.2 Å². The number of carboxylic acids is 1. The maximum atomic E-state index is 10.9. The second-order valence-corrected chi connectivity index (χ2v) is 6.19. The zero-order valence-corrected chi connectivity index (χ0v) is 13.7. The van der Waals surface area contributed by atoms with E-state index in [1.165, 1.54) is 11.1 Å². The summed E-state index contributed by atoms with van der Waals surface area (Å²) in [6, 6.07) is 18.4. The Hall–Kier alpha value is -2.33. The van der Waals surface area contributed by atoms with E-state index >= 15 is 0 Å². The average Bonchev–Trinajstić information content (AvgIpc) is 2.63. The van der Waals surface area contributed by atoms with Gasteiger partial charge in [-0.25, -0.2) is 0 Å². The Balaban J connectivity index is 1.44. The summed E-state index contributed by atoms with van der Waals surface area (Å²) >= 11 is 0. The van der Waals surface area contributed by atoms with Gasteiger partial charge in [0.15, 0.2) is 0 Å².